The van der Waals surface area contributed by atoms with E-state index in [4.69, 9.17) is 7.10 Å². The number of nitrogens with two attached hydrogens (primary N) is 1. The Balaban J connectivity index is 2.88. The monoisotopic (exact) mass is 256 g/mol. The molecule has 0 bridgehead atoms. The SMILES string of the molecule is [2H]CCCCCCCCCCCCCCCCCN. The van der Waals surface area contributed by atoms with Crippen molar-refractivity contribution in [2.75, 3.05) is 6.54 Å². The number of hydrogen-bond donors (Lipinski definition) is 1. The quantitative estimate of drug-likeness (QED) is 0.367. The molecule has 0 aliphatic rings. The van der Waals surface area contributed by atoms with Crippen molar-refractivity contribution < 1.29 is 1.37 Å². The summed E-state index contributed by atoms with van der Waals surface area (Å²) in [5, 5.41) is 0. The third kappa shape index (κ3) is 16.0. The van der Waals surface area contributed by atoms with E-state index in [1.54, 1.807) is 0 Å². The average molecular weight is 256 g/mol. The highest BCUT2D eigenvalue weighted by Gasteiger charge is 1.93. The van der Waals surface area contributed by atoms with Crippen molar-refractivity contribution in [3.8, 4) is 0 Å². The van der Waals surface area contributed by atoms with Gasteiger partial charge in [-0.25, -0.2) is 0 Å². The van der Waals surface area contributed by atoms with E-state index < -0.39 is 0 Å². The third-order valence-corrected chi connectivity index (χ3v) is 3.70. The molecule has 2 N–H and O–H groups in total. The third-order valence-electron chi connectivity index (χ3n) is 3.70. The Morgan fingerprint density at radius 2 is 0.889 bits per heavy atom. The molecule has 0 aromatic carbocycles. The predicted molar refractivity (Wildman–Crippen MR) is 84.0 cm³/mol. The van der Waals surface area contributed by atoms with Crippen molar-refractivity contribution >= 4 is 0 Å². The maximum atomic E-state index is 7.07. The van der Waals surface area contributed by atoms with Crippen LogP contribution in [0.25, 0.3) is 0 Å². The second-order valence-electron chi connectivity index (χ2n) is 5.59. The molecule has 0 saturated carbocycles. The lowest BCUT2D eigenvalue weighted by Gasteiger charge is -2.03. The van der Waals surface area contributed by atoms with Crippen LogP contribution in [0.1, 0.15) is 105 Å². The Morgan fingerprint density at radius 3 is 1.22 bits per heavy atom. The van der Waals surface area contributed by atoms with Crippen molar-refractivity contribution in [1.29, 1.82) is 0 Å². The van der Waals surface area contributed by atoms with Crippen LogP contribution in [-0.2, 0) is 0 Å². The van der Waals surface area contributed by atoms with Gasteiger partial charge in [0.05, 0.1) is 0 Å². The van der Waals surface area contributed by atoms with Gasteiger partial charge in [0, 0.05) is 1.37 Å². The minimum Gasteiger partial charge on any atom is -0.330 e. The molecule has 110 valence electrons. The zero-order valence-electron chi connectivity index (χ0n) is 13.6. The Labute approximate surface area is 117 Å². The lowest BCUT2D eigenvalue weighted by Crippen LogP contribution is -1.97. The largest absolute Gasteiger partial charge is 0.330 e. The molecule has 0 amide bonds. The molecule has 0 aromatic rings. The van der Waals surface area contributed by atoms with E-state index in [0.717, 1.165) is 13.0 Å². The summed E-state index contributed by atoms with van der Waals surface area (Å²) in [5.41, 5.74) is 5.47. The molecule has 0 unspecified atom stereocenters. The summed E-state index contributed by atoms with van der Waals surface area (Å²) in [6, 6.07) is 0. The van der Waals surface area contributed by atoms with Crippen molar-refractivity contribution in [3.05, 3.63) is 0 Å². The van der Waals surface area contributed by atoms with E-state index in [0.29, 0.717) is 6.90 Å². The van der Waals surface area contributed by atoms with Crippen LogP contribution in [0.4, 0.5) is 0 Å². The van der Waals surface area contributed by atoms with Crippen LogP contribution in [-0.4, -0.2) is 6.54 Å². The lowest BCUT2D eigenvalue weighted by molar-refractivity contribution is 0.533. The fourth-order valence-electron chi connectivity index (χ4n) is 2.44. The number of rotatable bonds is 15. The zero-order chi connectivity index (χ0) is 14.0. The summed E-state index contributed by atoms with van der Waals surface area (Å²) in [7, 11) is 0. The van der Waals surface area contributed by atoms with E-state index >= 15 is 0 Å². The average Bonchev–Trinajstić information content (AvgIpc) is 2.43. The van der Waals surface area contributed by atoms with Gasteiger partial charge in [0.2, 0.25) is 0 Å². The molecular weight excluding hydrogens is 218 g/mol. The van der Waals surface area contributed by atoms with E-state index in [9.17, 15) is 0 Å². The molecular formula is C17H37N. The molecule has 18 heavy (non-hydrogen) atoms. The van der Waals surface area contributed by atoms with E-state index in [1.165, 1.54) is 89.9 Å². The minimum atomic E-state index is 0.617. The van der Waals surface area contributed by atoms with Crippen molar-refractivity contribution in [3.63, 3.8) is 0 Å². The molecule has 0 spiro atoms. The standard InChI is InChI=1S/C17H37N/c1-2-3-4-5-6-7-8-9-10-11-12-13-14-15-16-17-18/h2-18H2,1H3/i1D. The first-order chi connectivity index (χ1) is 9.41. The molecule has 0 aliphatic carbocycles. The topological polar surface area (TPSA) is 26.0 Å². The van der Waals surface area contributed by atoms with Crippen LogP contribution in [0.15, 0.2) is 0 Å². The summed E-state index contributed by atoms with van der Waals surface area (Å²) < 4.78 is 7.07. The first-order valence-corrected chi connectivity index (χ1v) is 8.41. The summed E-state index contributed by atoms with van der Waals surface area (Å²) in [6.07, 6.45) is 20.5. The van der Waals surface area contributed by atoms with Gasteiger partial charge in [0.1, 0.15) is 0 Å². The summed E-state index contributed by atoms with van der Waals surface area (Å²) in [4.78, 5) is 0. The highest BCUT2D eigenvalue weighted by Crippen LogP contribution is 2.13. The highest BCUT2D eigenvalue weighted by atomic mass is 14.5. The van der Waals surface area contributed by atoms with Crippen LogP contribution >= 0.6 is 0 Å². The fraction of sp³-hybridized carbons (Fsp3) is 1.00. The van der Waals surface area contributed by atoms with Crippen LogP contribution in [0.5, 0.6) is 0 Å². The first kappa shape index (κ1) is 16.0. The maximum absolute atomic E-state index is 7.07. The molecule has 1 heteroatoms. The normalized spacial score (nSPS) is 11.7. The summed E-state index contributed by atoms with van der Waals surface area (Å²) in [6.45, 7) is 1.48. The second-order valence-corrected chi connectivity index (χ2v) is 5.59. The number of unbranched alkanes of at least 4 members (excludes halogenated alkanes) is 14. The smallest absolute Gasteiger partial charge is 0.0230 e. The molecule has 0 heterocycles. The van der Waals surface area contributed by atoms with Gasteiger partial charge in [-0.05, 0) is 13.0 Å². The minimum absolute atomic E-state index is 0.617. The van der Waals surface area contributed by atoms with Crippen LogP contribution in [0.3, 0.4) is 0 Å². The van der Waals surface area contributed by atoms with Gasteiger partial charge < -0.3 is 5.73 Å². The molecule has 0 rings (SSSR count). The molecule has 0 aliphatic heterocycles. The van der Waals surface area contributed by atoms with Crippen LogP contribution in [0.2, 0.25) is 0 Å². The van der Waals surface area contributed by atoms with Crippen LogP contribution < -0.4 is 5.73 Å². The molecule has 0 aromatic heterocycles. The van der Waals surface area contributed by atoms with Crippen molar-refractivity contribution in [2.24, 2.45) is 5.73 Å². The molecule has 0 saturated heterocycles. The highest BCUT2D eigenvalue weighted by molar-refractivity contribution is 4.49. The van der Waals surface area contributed by atoms with E-state index in [2.05, 4.69) is 0 Å². The van der Waals surface area contributed by atoms with Crippen molar-refractivity contribution in [2.45, 2.75) is 103 Å². The van der Waals surface area contributed by atoms with Gasteiger partial charge in [0.25, 0.3) is 0 Å². The molecule has 0 atom stereocenters. The lowest BCUT2D eigenvalue weighted by atomic mass is 10.0. The Hall–Kier alpha value is -0.0400. The Morgan fingerprint density at radius 1 is 0.556 bits per heavy atom. The van der Waals surface area contributed by atoms with E-state index in [1.807, 2.05) is 0 Å². The number of hydrogen-bond acceptors (Lipinski definition) is 1. The first-order valence-electron chi connectivity index (χ1n) is 9.12. The molecule has 0 radical (unpaired) electrons. The van der Waals surface area contributed by atoms with Gasteiger partial charge in [-0.1, -0.05) is 96.8 Å². The van der Waals surface area contributed by atoms with Crippen LogP contribution in [0, 0.1) is 0 Å². The second kappa shape index (κ2) is 17.0. The van der Waals surface area contributed by atoms with Crippen molar-refractivity contribution in [1.82, 2.24) is 0 Å². The van der Waals surface area contributed by atoms with E-state index in [-0.39, 0.29) is 0 Å². The van der Waals surface area contributed by atoms with Gasteiger partial charge in [-0.15, -0.1) is 0 Å². The Bertz CT molecular complexity index is 134. The molecule has 1 nitrogen and oxygen atoms in total. The molecule has 0 fully saturated rings. The van der Waals surface area contributed by atoms with Gasteiger partial charge in [-0.3, -0.25) is 0 Å². The zero-order valence-corrected chi connectivity index (χ0v) is 12.6. The van der Waals surface area contributed by atoms with Gasteiger partial charge in [-0.2, -0.15) is 0 Å². The summed E-state index contributed by atoms with van der Waals surface area (Å²) in [5.74, 6) is 0. The van der Waals surface area contributed by atoms with Gasteiger partial charge >= 0.3 is 0 Å². The summed E-state index contributed by atoms with van der Waals surface area (Å²) >= 11 is 0. The van der Waals surface area contributed by atoms with Gasteiger partial charge in [0.15, 0.2) is 0 Å². The maximum Gasteiger partial charge on any atom is 0.0230 e. The predicted octanol–water partition coefficient (Wildman–Crippen LogP) is 5.82. The Kier molecular flexibility index (Phi) is 15.1. The fourth-order valence-corrected chi connectivity index (χ4v) is 2.44.